The Morgan fingerprint density at radius 3 is 2.17 bits per heavy atom. The summed E-state index contributed by atoms with van der Waals surface area (Å²) in [5.41, 5.74) is 10.1. The summed E-state index contributed by atoms with van der Waals surface area (Å²) in [7, 11) is 0. The molecule has 8 nitrogen and oxygen atoms in total. The number of rotatable bonds is 7. The highest BCUT2D eigenvalue weighted by Crippen LogP contribution is 2.75. The van der Waals surface area contributed by atoms with Gasteiger partial charge >= 0.3 is 12.3 Å². The quantitative estimate of drug-likeness (QED) is 0.127. The van der Waals surface area contributed by atoms with E-state index in [0.29, 0.717) is 11.2 Å². The van der Waals surface area contributed by atoms with Gasteiger partial charge in [0, 0.05) is 21.6 Å². The van der Waals surface area contributed by atoms with Crippen LogP contribution in [0.2, 0.25) is 0 Å². The Balaban J connectivity index is 1.69. The maximum absolute atomic E-state index is 12.7. The molecule has 2 unspecified atom stereocenters. The van der Waals surface area contributed by atoms with Crippen molar-refractivity contribution in [2.75, 3.05) is 13.2 Å². The van der Waals surface area contributed by atoms with Gasteiger partial charge in [-0.25, -0.2) is 9.59 Å². The predicted molar refractivity (Wildman–Crippen MR) is 186 cm³/mol. The van der Waals surface area contributed by atoms with E-state index in [4.69, 9.17) is 24.7 Å². The molecular weight excluding hydrogens is 614 g/mol. The number of aliphatic hydroxyl groups excluding tert-OH is 1. The first-order chi connectivity index (χ1) is 21.9. The van der Waals surface area contributed by atoms with E-state index in [1.807, 2.05) is 24.8 Å². The van der Waals surface area contributed by atoms with Gasteiger partial charge in [0.2, 0.25) is 0 Å². The number of fused-ring (bicyclic) bond motifs is 7. The average molecular weight is 672 g/mol. The fourth-order valence-corrected chi connectivity index (χ4v) is 11.3. The molecule has 3 saturated carbocycles. The van der Waals surface area contributed by atoms with Gasteiger partial charge in [0.15, 0.2) is 11.5 Å². The van der Waals surface area contributed by atoms with Crippen molar-refractivity contribution in [1.29, 1.82) is 0 Å². The molecule has 5 rings (SSSR count). The average Bonchev–Trinajstić information content (AvgIpc) is 2.98. The van der Waals surface area contributed by atoms with Gasteiger partial charge < -0.3 is 29.8 Å². The van der Waals surface area contributed by atoms with Crippen LogP contribution in [0.3, 0.4) is 0 Å². The monoisotopic (exact) mass is 671 g/mol. The molecule has 0 spiro atoms. The molecule has 3 N–H and O–H groups in total. The molecule has 0 amide bonds. The van der Waals surface area contributed by atoms with Crippen molar-refractivity contribution in [2.24, 2.45) is 33.3 Å². The number of carbonyl (C=O) groups is 2. The van der Waals surface area contributed by atoms with Crippen LogP contribution < -0.4 is 15.2 Å². The fraction of sp³-hybridized carbons (Fsp3) is 0.737. The van der Waals surface area contributed by atoms with Crippen LogP contribution in [0, 0.1) is 34.5 Å². The summed E-state index contributed by atoms with van der Waals surface area (Å²) in [5.74, 6) is 0.768. The van der Waals surface area contributed by atoms with Gasteiger partial charge in [0.25, 0.3) is 0 Å². The molecule has 9 heteroatoms. The van der Waals surface area contributed by atoms with Crippen LogP contribution in [-0.2, 0) is 14.9 Å². The van der Waals surface area contributed by atoms with Crippen molar-refractivity contribution in [3.8, 4) is 11.5 Å². The number of ether oxygens (including phenoxy) is 4. The molecule has 0 aromatic heterocycles. The molecule has 47 heavy (non-hydrogen) atoms. The second-order valence-corrected chi connectivity index (χ2v) is 17.9. The number of thioether (sulfide) groups is 1. The lowest BCUT2D eigenvalue weighted by Crippen LogP contribution is -2.63. The predicted octanol–water partition coefficient (Wildman–Crippen LogP) is 9.14. The third-order valence-corrected chi connectivity index (χ3v) is 14.3. The summed E-state index contributed by atoms with van der Waals surface area (Å²) >= 11 is 1.88. The first-order valence-corrected chi connectivity index (χ1v) is 18.5. The number of aliphatic hydroxyl groups is 1. The highest BCUT2D eigenvalue weighted by Gasteiger charge is 2.67. The Morgan fingerprint density at radius 1 is 0.957 bits per heavy atom. The summed E-state index contributed by atoms with van der Waals surface area (Å²) < 4.78 is 21.8. The maximum Gasteiger partial charge on any atom is 0.513 e. The van der Waals surface area contributed by atoms with Gasteiger partial charge in [-0.3, -0.25) is 0 Å². The van der Waals surface area contributed by atoms with E-state index in [9.17, 15) is 14.7 Å². The van der Waals surface area contributed by atoms with E-state index in [1.165, 1.54) is 5.57 Å². The Bertz CT molecular complexity index is 1440. The van der Waals surface area contributed by atoms with Crippen molar-refractivity contribution >= 4 is 24.1 Å². The highest BCUT2D eigenvalue weighted by atomic mass is 32.2. The summed E-state index contributed by atoms with van der Waals surface area (Å²) in [5, 5.41) is 11.1. The van der Waals surface area contributed by atoms with Gasteiger partial charge in [0.05, 0.1) is 13.2 Å². The zero-order valence-electron chi connectivity index (χ0n) is 30.2. The molecule has 3 fully saturated rings. The van der Waals surface area contributed by atoms with Gasteiger partial charge in [-0.2, -0.15) is 0 Å². The van der Waals surface area contributed by atoms with E-state index in [2.05, 4.69) is 54.5 Å². The Morgan fingerprint density at radius 2 is 1.57 bits per heavy atom. The van der Waals surface area contributed by atoms with Crippen LogP contribution in [-0.4, -0.2) is 42.1 Å². The molecule has 0 aliphatic heterocycles. The van der Waals surface area contributed by atoms with Gasteiger partial charge in [0.1, 0.15) is 6.23 Å². The molecule has 1 aromatic rings. The summed E-state index contributed by atoms with van der Waals surface area (Å²) in [6.45, 7) is 22.1. The molecule has 262 valence electrons. The minimum absolute atomic E-state index is 0.00126. The molecule has 1 aromatic carbocycles. The Labute approximate surface area is 285 Å². The lowest BCUT2D eigenvalue weighted by molar-refractivity contribution is -0.172. The van der Waals surface area contributed by atoms with Crippen LogP contribution in [0.4, 0.5) is 9.59 Å². The van der Waals surface area contributed by atoms with Gasteiger partial charge in [-0.1, -0.05) is 60.1 Å². The zero-order chi connectivity index (χ0) is 34.7. The minimum Gasteiger partial charge on any atom is -0.434 e. The third kappa shape index (κ3) is 5.80. The lowest BCUT2D eigenvalue weighted by atomic mass is 9.34. The number of carbonyl (C=O) groups excluding carboxylic acids is 2. The smallest absolute Gasteiger partial charge is 0.434 e. The molecule has 0 bridgehead atoms. The maximum atomic E-state index is 12.7. The third-order valence-electron chi connectivity index (χ3n) is 13.1. The van der Waals surface area contributed by atoms with Crippen LogP contribution in [0.1, 0.15) is 129 Å². The zero-order valence-corrected chi connectivity index (χ0v) is 31.0. The molecule has 0 radical (unpaired) electrons. The normalized spacial score (nSPS) is 36.6. The Hall–Kier alpha value is -2.23. The van der Waals surface area contributed by atoms with Crippen molar-refractivity contribution in [1.82, 2.24) is 0 Å². The standard InChI is InChI=1S/C38H57NO7S/c1-11-43-32(41)45-25-19-24-29(23(5)30(25)46-33(42)44-12-2)26(47-22(3)4)20-27-36(24,8)16-18-38(10)28-21-35(7,31(39)40)14-13-34(28,6)15-17-37(27,38)9/h19-20,22,26,28,31,40H,11-18,21,39H2,1-10H3/t26?,28-,31?,34-,35-,36+,37-,38+/m1/s1. The summed E-state index contributed by atoms with van der Waals surface area (Å²) in [6, 6.07) is 1.93. The van der Waals surface area contributed by atoms with Crippen molar-refractivity contribution < 1.29 is 33.6 Å². The van der Waals surface area contributed by atoms with Crippen LogP contribution >= 0.6 is 11.8 Å². The SMILES string of the molecule is CCOC(=O)Oc1cc2c(c(C)c1OC(=O)OCC)C(SC(C)C)C=C1[C@@]2(C)CC[C@@]2(C)[C@@H]3C[C@](C)(C(N)O)CC[C@]3(C)CC[C@]12C. The van der Waals surface area contributed by atoms with Crippen molar-refractivity contribution in [3.05, 3.63) is 34.4 Å². The van der Waals surface area contributed by atoms with E-state index in [-0.39, 0.29) is 57.0 Å². The molecule has 0 saturated heterocycles. The van der Waals surface area contributed by atoms with E-state index in [1.54, 1.807) is 13.8 Å². The van der Waals surface area contributed by atoms with E-state index in [0.717, 1.165) is 61.6 Å². The number of nitrogens with two attached hydrogens (primary N) is 1. The van der Waals surface area contributed by atoms with Crippen LogP contribution in [0.15, 0.2) is 17.7 Å². The van der Waals surface area contributed by atoms with Crippen LogP contribution in [0.25, 0.3) is 0 Å². The molecule has 0 heterocycles. The second-order valence-electron chi connectivity index (χ2n) is 16.1. The summed E-state index contributed by atoms with van der Waals surface area (Å²) in [6.07, 6.45) is 7.10. The largest absolute Gasteiger partial charge is 0.513 e. The number of allylic oxidation sites excluding steroid dienone is 1. The first kappa shape index (κ1) is 36.1. The lowest BCUT2D eigenvalue weighted by Gasteiger charge is -2.70. The molecule has 8 atom stereocenters. The number of benzene rings is 1. The number of hydrogen-bond donors (Lipinski definition) is 2. The topological polar surface area (TPSA) is 117 Å². The highest BCUT2D eigenvalue weighted by molar-refractivity contribution is 8.00. The van der Waals surface area contributed by atoms with Crippen LogP contribution in [0.5, 0.6) is 11.5 Å². The van der Waals surface area contributed by atoms with Gasteiger partial charge in [-0.05, 0) is 110 Å². The molecular formula is C38H57NO7S. The Kier molecular flexibility index (Phi) is 9.65. The molecule has 4 aliphatic rings. The molecule has 4 aliphatic carbocycles. The van der Waals surface area contributed by atoms with Gasteiger partial charge in [-0.15, -0.1) is 11.8 Å². The van der Waals surface area contributed by atoms with E-state index >= 15 is 0 Å². The number of hydrogen-bond acceptors (Lipinski definition) is 9. The minimum atomic E-state index is -0.845. The van der Waals surface area contributed by atoms with E-state index < -0.39 is 18.5 Å². The summed E-state index contributed by atoms with van der Waals surface area (Å²) in [4.78, 5) is 25.4. The first-order valence-electron chi connectivity index (χ1n) is 17.6. The second kappa shape index (κ2) is 12.6. The fourth-order valence-electron chi connectivity index (χ4n) is 10.0. The van der Waals surface area contributed by atoms with Crippen molar-refractivity contribution in [2.45, 2.75) is 136 Å². The van der Waals surface area contributed by atoms with Crippen molar-refractivity contribution in [3.63, 3.8) is 0 Å².